The maximum atomic E-state index is 11.2. The van der Waals surface area contributed by atoms with E-state index in [1.807, 2.05) is 34.6 Å². The summed E-state index contributed by atoms with van der Waals surface area (Å²) in [5.74, 6) is -0.378. The highest BCUT2D eigenvalue weighted by Crippen LogP contribution is 2.15. The number of hydrogen-bond acceptors (Lipinski definition) is 3. The molecule has 0 saturated carbocycles. The zero-order chi connectivity index (χ0) is 10.5. The normalized spacial score (nSPS) is 13.9. The van der Waals surface area contributed by atoms with Gasteiger partial charge in [-0.2, -0.15) is 4.89 Å². The van der Waals surface area contributed by atoms with Crippen LogP contribution in [0.5, 0.6) is 0 Å². The molecule has 3 heteroatoms. The Hall–Kier alpha value is -0.570. The number of carbonyl (C=O) groups is 1. The van der Waals surface area contributed by atoms with E-state index < -0.39 is 0 Å². The SMILES string of the molecule is CCC(C)C(=O)OOC(C)(C)CC. The molecular formula is C10H20O3. The molecule has 78 valence electrons. The van der Waals surface area contributed by atoms with Crippen molar-refractivity contribution in [2.24, 2.45) is 5.92 Å². The molecule has 1 unspecified atom stereocenters. The summed E-state index contributed by atoms with van der Waals surface area (Å²) in [5, 5.41) is 0. The van der Waals surface area contributed by atoms with Crippen LogP contribution in [0.15, 0.2) is 0 Å². The molecule has 0 rings (SSSR count). The average Bonchev–Trinajstić information content (AvgIpc) is 2.13. The van der Waals surface area contributed by atoms with Crippen molar-refractivity contribution >= 4 is 5.97 Å². The summed E-state index contributed by atoms with van der Waals surface area (Å²) in [6.07, 6.45) is 1.58. The summed E-state index contributed by atoms with van der Waals surface area (Å²) >= 11 is 0. The second-order valence-electron chi connectivity index (χ2n) is 3.91. The van der Waals surface area contributed by atoms with Crippen molar-refractivity contribution in [3.05, 3.63) is 0 Å². The molecule has 0 aliphatic carbocycles. The van der Waals surface area contributed by atoms with E-state index in [4.69, 9.17) is 9.78 Å². The fraction of sp³-hybridized carbons (Fsp3) is 0.900. The molecule has 0 fully saturated rings. The van der Waals surface area contributed by atoms with Gasteiger partial charge in [-0.1, -0.05) is 20.8 Å². The Morgan fingerprint density at radius 1 is 1.38 bits per heavy atom. The van der Waals surface area contributed by atoms with Crippen LogP contribution in [-0.4, -0.2) is 11.6 Å². The minimum Gasteiger partial charge on any atom is -0.298 e. The Labute approximate surface area is 80.3 Å². The lowest BCUT2D eigenvalue weighted by atomic mass is 10.1. The van der Waals surface area contributed by atoms with Gasteiger partial charge in [0.15, 0.2) is 0 Å². The fourth-order valence-electron chi connectivity index (χ4n) is 0.462. The van der Waals surface area contributed by atoms with E-state index >= 15 is 0 Å². The van der Waals surface area contributed by atoms with Crippen molar-refractivity contribution in [3.63, 3.8) is 0 Å². The van der Waals surface area contributed by atoms with Crippen LogP contribution in [0.2, 0.25) is 0 Å². The third kappa shape index (κ3) is 4.88. The summed E-state index contributed by atoms with van der Waals surface area (Å²) in [6.45, 7) is 9.52. The Kier molecular flexibility index (Phi) is 4.99. The highest BCUT2D eigenvalue weighted by Gasteiger charge is 2.21. The predicted molar refractivity (Wildman–Crippen MR) is 51.0 cm³/mol. The molecule has 0 spiro atoms. The first-order valence-electron chi connectivity index (χ1n) is 4.82. The van der Waals surface area contributed by atoms with Crippen molar-refractivity contribution < 1.29 is 14.6 Å². The Morgan fingerprint density at radius 2 is 1.92 bits per heavy atom. The summed E-state index contributed by atoms with van der Waals surface area (Å²) in [5.41, 5.74) is -0.386. The molecular weight excluding hydrogens is 168 g/mol. The third-order valence-corrected chi connectivity index (χ3v) is 2.22. The molecule has 0 amide bonds. The summed E-state index contributed by atoms with van der Waals surface area (Å²) in [6, 6.07) is 0. The van der Waals surface area contributed by atoms with Gasteiger partial charge in [0.1, 0.15) is 5.60 Å². The smallest absolute Gasteiger partial charge is 0.298 e. The van der Waals surface area contributed by atoms with Crippen molar-refractivity contribution in [1.29, 1.82) is 0 Å². The molecule has 0 heterocycles. The van der Waals surface area contributed by atoms with Gasteiger partial charge in [-0.3, -0.25) is 4.89 Å². The fourth-order valence-corrected chi connectivity index (χ4v) is 0.462. The summed E-state index contributed by atoms with van der Waals surface area (Å²) in [7, 11) is 0. The highest BCUT2D eigenvalue weighted by atomic mass is 17.2. The van der Waals surface area contributed by atoms with Crippen LogP contribution in [0.1, 0.15) is 47.5 Å². The predicted octanol–water partition coefficient (Wildman–Crippen LogP) is 2.70. The van der Waals surface area contributed by atoms with E-state index in [-0.39, 0.29) is 17.5 Å². The van der Waals surface area contributed by atoms with E-state index in [1.165, 1.54) is 0 Å². The third-order valence-electron chi connectivity index (χ3n) is 2.22. The molecule has 0 aliphatic rings. The first-order chi connectivity index (χ1) is 5.93. The standard InChI is InChI=1S/C10H20O3/c1-6-8(3)9(11)12-13-10(4,5)7-2/h8H,6-7H2,1-5H3. The monoisotopic (exact) mass is 188 g/mol. The lowest BCUT2D eigenvalue weighted by Gasteiger charge is -2.21. The van der Waals surface area contributed by atoms with Gasteiger partial charge in [-0.25, -0.2) is 4.79 Å². The maximum Gasteiger partial charge on any atom is 0.345 e. The molecule has 0 N–H and O–H groups in total. The Balaban J connectivity index is 3.83. The van der Waals surface area contributed by atoms with Gasteiger partial charge in [0.25, 0.3) is 0 Å². The number of hydrogen-bond donors (Lipinski definition) is 0. The van der Waals surface area contributed by atoms with Gasteiger partial charge >= 0.3 is 5.97 Å². The van der Waals surface area contributed by atoms with Crippen LogP contribution in [-0.2, 0) is 14.6 Å². The molecule has 0 aromatic rings. The topological polar surface area (TPSA) is 35.5 Å². The van der Waals surface area contributed by atoms with Gasteiger partial charge in [-0.05, 0) is 26.7 Å². The van der Waals surface area contributed by atoms with E-state index in [0.717, 1.165) is 12.8 Å². The van der Waals surface area contributed by atoms with E-state index in [9.17, 15) is 4.79 Å². The lowest BCUT2D eigenvalue weighted by molar-refractivity contribution is -0.327. The van der Waals surface area contributed by atoms with Crippen LogP contribution in [0.4, 0.5) is 0 Å². The van der Waals surface area contributed by atoms with Crippen molar-refractivity contribution in [3.8, 4) is 0 Å². The molecule has 0 saturated heterocycles. The molecule has 0 aliphatic heterocycles. The lowest BCUT2D eigenvalue weighted by Crippen LogP contribution is -2.26. The molecule has 0 aromatic heterocycles. The zero-order valence-corrected chi connectivity index (χ0v) is 9.22. The zero-order valence-electron chi connectivity index (χ0n) is 9.22. The van der Waals surface area contributed by atoms with E-state index in [2.05, 4.69) is 0 Å². The Morgan fingerprint density at radius 3 is 2.31 bits per heavy atom. The molecule has 13 heavy (non-hydrogen) atoms. The van der Waals surface area contributed by atoms with Crippen LogP contribution in [0, 0.1) is 5.92 Å². The van der Waals surface area contributed by atoms with Crippen molar-refractivity contribution in [1.82, 2.24) is 0 Å². The number of rotatable bonds is 5. The quantitative estimate of drug-likeness (QED) is 0.491. The van der Waals surface area contributed by atoms with Gasteiger partial charge in [0.2, 0.25) is 0 Å². The van der Waals surface area contributed by atoms with Crippen LogP contribution >= 0.6 is 0 Å². The van der Waals surface area contributed by atoms with Gasteiger partial charge < -0.3 is 0 Å². The first kappa shape index (κ1) is 12.4. The average molecular weight is 188 g/mol. The summed E-state index contributed by atoms with van der Waals surface area (Å²) < 4.78 is 0. The Bertz CT molecular complexity index is 164. The molecule has 1 atom stereocenters. The first-order valence-corrected chi connectivity index (χ1v) is 4.82. The second-order valence-corrected chi connectivity index (χ2v) is 3.91. The van der Waals surface area contributed by atoms with Crippen LogP contribution in [0.25, 0.3) is 0 Å². The molecule has 0 radical (unpaired) electrons. The molecule has 3 nitrogen and oxygen atoms in total. The minimum atomic E-state index is -0.386. The van der Waals surface area contributed by atoms with E-state index in [1.54, 1.807) is 0 Å². The number of carbonyl (C=O) groups excluding carboxylic acids is 1. The maximum absolute atomic E-state index is 11.2. The van der Waals surface area contributed by atoms with Crippen molar-refractivity contribution in [2.45, 2.75) is 53.1 Å². The van der Waals surface area contributed by atoms with Gasteiger partial charge in [0.05, 0.1) is 5.92 Å². The van der Waals surface area contributed by atoms with Crippen LogP contribution in [0.3, 0.4) is 0 Å². The second kappa shape index (κ2) is 5.22. The van der Waals surface area contributed by atoms with Crippen molar-refractivity contribution in [2.75, 3.05) is 0 Å². The van der Waals surface area contributed by atoms with E-state index in [0.29, 0.717) is 0 Å². The highest BCUT2D eigenvalue weighted by molar-refractivity contribution is 5.71. The molecule has 0 aromatic carbocycles. The summed E-state index contributed by atoms with van der Waals surface area (Å²) in [4.78, 5) is 20.9. The largest absolute Gasteiger partial charge is 0.345 e. The van der Waals surface area contributed by atoms with Gasteiger partial charge in [-0.15, -0.1) is 0 Å². The molecule has 0 bridgehead atoms. The van der Waals surface area contributed by atoms with Crippen LogP contribution < -0.4 is 0 Å². The minimum absolute atomic E-state index is 0.0901. The van der Waals surface area contributed by atoms with Gasteiger partial charge in [0, 0.05) is 0 Å².